The van der Waals surface area contributed by atoms with Gasteiger partial charge in [-0.15, -0.1) is 0 Å². The molecule has 5 rings (SSSR count). The monoisotopic (exact) mass is 462 g/mol. The van der Waals surface area contributed by atoms with Crippen molar-refractivity contribution in [1.29, 1.82) is 0 Å². The number of amides is 1. The third-order valence-corrected chi connectivity index (χ3v) is 6.98. The highest BCUT2D eigenvalue weighted by molar-refractivity contribution is 5.76. The van der Waals surface area contributed by atoms with Gasteiger partial charge in [-0.25, -0.2) is 19.0 Å². The lowest BCUT2D eigenvalue weighted by Crippen LogP contribution is -2.50. The molecule has 2 fully saturated rings. The summed E-state index contributed by atoms with van der Waals surface area (Å²) in [4.78, 5) is 26.7. The maximum Gasteiger partial charge on any atom is 0.244 e. The van der Waals surface area contributed by atoms with E-state index in [-0.39, 0.29) is 18.3 Å². The number of anilines is 1. The van der Waals surface area contributed by atoms with Gasteiger partial charge in [0.1, 0.15) is 24.0 Å². The summed E-state index contributed by atoms with van der Waals surface area (Å²) in [5, 5.41) is 4.74. The fourth-order valence-corrected chi connectivity index (χ4v) is 4.99. The largest absolute Gasteiger partial charge is 0.353 e. The summed E-state index contributed by atoms with van der Waals surface area (Å²) in [5.74, 6) is 2.53. The smallest absolute Gasteiger partial charge is 0.244 e. The van der Waals surface area contributed by atoms with Gasteiger partial charge in [-0.05, 0) is 55.7 Å². The number of hydrogen-bond acceptors (Lipinski definition) is 5. The molecule has 178 valence electrons. The van der Waals surface area contributed by atoms with Crippen molar-refractivity contribution in [3.8, 4) is 11.4 Å². The molecular weight excluding hydrogens is 431 g/mol. The first-order valence-electron chi connectivity index (χ1n) is 12.2. The van der Waals surface area contributed by atoms with Crippen LogP contribution in [0, 0.1) is 12.7 Å². The molecule has 1 amide bonds. The van der Waals surface area contributed by atoms with Crippen LogP contribution >= 0.6 is 0 Å². The second-order valence-electron chi connectivity index (χ2n) is 9.31. The number of aryl methyl sites for hydroxylation is 1. The van der Waals surface area contributed by atoms with Crippen LogP contribution in [0.4, 0.5) is 10.2 Å². The Morgan fingerprint density at radius 1 is 1.06 bits per heavy atom. The molecule has 1 aliphatic carbocycles. The Labute approximate surface area is 199 Å². The average molecular weight is 463 g/mol. The zero-order valence-electron chi connectivity index (χ0n) is 19.7. The van der Waals surface area contributed by atoms with Gasteiger partial charge in [0.2, 0.25) is 5.91 Å². The van der Waals surface area contributed by atoms with Crippen molar-refractivity contribution in [2.45, 2.75) is 51.5 Å². The van der Waals surface area contributed by atoms with Gasteiger partial charge in [-0.3, -0.25) is 4.79 Å². The van der Waals surface area contributed by atoms with Gasteiger partial charge >= 0.3 is 0 Å². The lowest BCUT2D eigenvalue weighted by Gasteiger charge is -2.35. The summed E-state index contributed by atoms with van der Waals surface area (Å²) in [6, 6.07) is 10.8. The predicted octanol–water partition coefficient (Wildman–Crippen LogP) is 4.18. The third-order valence-electron chi connectivity index (χ3n) is 6.98. The van der Waals surface area contributed by atoms with Gasteiger partial charge in [0.05, 0.1) is 0 Å². The molecule has 7 nitrogen and oxygen atoms in total. The van der Waals surface area contributed by atoms with Gasteiger partial charge < -0.3 is 9.80 Å². The first-order valence-corrected chi connectivity index (χ1v) is 12.2. The molecule has 3 aromatic rings. The van der Waals surface area contributed by atoms with Crippen molar-refractivity contribution in [3.63, 3.8) is 0 Å². The number of piperazine rings is 1. The molecule has 2 aliphatic rings. The Hall–Kier alpha value is -3.29. The Kier molecular flexibility index (Phi) is 6.56. The predicted molar refractivity (Wildman–Crippen MR) is 129 cm³/mol. The van der Waals surface area contributed by atoms with Crippen molar-refractivity contribution < 1.29 is 9.18 Å². The molecule has 3 heterocycles. The maximum absolute atomic E-state index is 13.8. The summed E-state index contributed by atoms with van der Waals surface area (Å²) < 4.78 is 15.6. The average Bonchev–Trinajstić information content (AvgIpc) is 3.30. The molecule has 34 heavy (non-hydrogen) atoms. The Morgan fingerprint density at radius 2 is 1.85 bits per heavy atom. The number of pyridine rings is 1. The standard InChI is InChI=1S/C26H31FN6O/c1-19-17-21(10-11-22(19)27)25-29-26(20-7-3-2-4-8-20)33(30-25)18-24(34)32-15-13-31(14-16-32)23-9-5-6-12-28-23/h5-6,9-12,17,20H,2-4,7-8,13-16,18H2,1H3. The molecule has 0 unspecified atom stereocenters. The van der Waals surface area contributed by atoms with E-state index in [4.69, 9.17) is 10.1 Å². The molecule has 2 aromatic heterocycles. The van der Waals surface area contributed by atoms with E-state index < -0.39 is 0 Å². The molecule has 1 aromatic carbocycles. The highest BCUT2D eigenvalue weighted by Crippen LogP contribution is 2.33. The van der Waals surface area contributed by atoms with Crippen LogP contribution in [0.1, 0.15) is 49.4 Å². The van der Waals surface area contributed by atoms with Gasteiger partial charge in [0.15, 0.2) is 5.82 Å². The number of aromatic nitrogens is 4. The Balaban J connectivity index is 1.33. The lowest BCUT2D eigenvalue weighted by molar-refractivity contribution is -0.132. The molecule has 0 N–H and O–H groups in total. The molecule has 0 atom stereocenters. The van der Waals surface area contributed by atoms with E-state index in [0.29, 0.717) is 30.4 Å². The highest BCUT2D eigenvalue weighted by Gasteiger charge is 2.27. The third kappa shape index (κ3) is 4.81. The number of halogens is 1. The molecular formula is C26H31FN6O. The zero-order valence-corrected chi connectivity index (χ0v) is 19.7. The van der Waals surface area contributed by atoms with Gasteiger partial charge in [0.25, 0.3) is 0 Å². The second kappa shape index (κ2) is 9.91. The number of nitrogens with zero attached hydrogens (tertiary/aromatic N) is 6. The van der Waals surface area contributed by atoms with E-state index in [1.165, 1.54) is 25.3 Å². The zero-order chi connectivity index (χ0) is 23.5. The van der Waals surface area contributed by atoms with Crippen LogP contribution in [0.5, 0.6) is 0 Å². The summed E-state index contributed by atoms with van der Waals surface area (Å²) in [7, 11) is 0. The summed E-state index contributed by atoms with van der Waals surface area (Å²) in [5.41, 5.74) is 1.35. The van der Waals surface area contributed by atoms with Crippen molar-refractivity contribution in [3.05, 3.63) is 59.8 Å². The van der Waals surface area contributed by atoms with Crippen molar-refractivity contribution in [2.75, 3.05) is 31.1 Å². The summed E-state index contributed by atoms with van der Waals surface area (Å²) in [6.07, 6.45) is 7.52. The minimum Gasteiger partial charge on any atom is -0.353 e. The van der Waals surface area contributed by atoms with Crippen molar-refractivity contribution in [1.82, 2.24) is 24.6 Å². The number of benzene rings is 1. The molecule has 8 heteroatoms. The van der Waals surface area contributed by atoms with Crippen LogP contribution in [0.25, 0.3) is 11.4 Å². The Bertz CT molecular complexity index is 1130. The maximum atomic E-state index is 13.8. The second-order valence-corrected chi connectivity index (χ2v) is 9.31. The molecule has 0 spiro atoms. The number of rotatable bonds is 5. The number of hydrogen-bond donors (Lipinski definition) is 0. The van der Waals surface area contributed by atoms with Gasteiger partial charge in [-0.1, -0.05) is 25.3 Å². The van der Waals surface area contributed by atoms with Crippen LogP contribution < -0.4 is 4.90 Å². The van der Waals surface area contributed by atoms with Crippen LogP contribution in [0.3, 0.4) is 0 Å². The number of carbonyl (C=O) groups excluding carboxylic acids is 1. The lowest BCUT2D eigenvalue weighted by atomic mass is 9.88. The number of carbonyl (C=O) groups is 1. The normalized spacial score (nSPS) is 17.2. The van der Waals surface area contributed by atoms with Crippen molar-refractivity contribution in [2.24, 2.45) is 0 Å². The molecule has 0 bridgehead atoms. The molecule has 1 saturated heterocycles. The van der Waals surface area contributed by atoms with E-state index >= 15 is 0 Å². The quantitative estimate of drug-likeness (QED) is 0.569. The van der Waals surface area contributed by atoms with Crippen LogP contribution in [-0.4, -0.2) is 56.7 Å². The molecule has 1 saturated carbocycles. The topological polar surface area (TPSA) is 67.2 Å². The van der Waals surface area contributed by atoms with Gasteiger partial charge in [-0.2, -0.15) is 5.10 Å². The summed E-state index contributed by atoms with van der Waals surface area (Å²) in [6.45, 7) is 4.76. The molecule has 1 aliphatic heterocycles. The summed E-state index contributed by atoms with van der Waals surface area (Å²) >= 11 is 0. The SMILES string of the molecule is Cc1cc(-c2nc(C3CCCCC3)n(CC(=O)N3CCN(c4ccccn4)CC3)n2)ccc1F. The van der Waals surface area contributed by atoms with E-state index in [1.54, 1.807) is 29.9 Å². The van der Waals surface area contributed by atoms with E-state index in [0.717, 1.165) is 43.1 Å². The fourth-order valence-electron chi connectivity index (χ4n) is 4.99. The first-order chi connectivity index (χ1) is 16.6. The van der Waals surface area contributed by atoms with E-state index in [9.17, 15) is 9.18 Å². The van der Waals surface area contributed by atoms with E-state index in [2.05, 4.69) is 9.88 Å². The van der Waals surface area contributed by atoms with Crippen molar-refractivity contribution >= 4 is 11.7 Å². The highest BCUT2D eigenvalue weighted by atomic mass is 19.1. The minimum atomic E-state index is -0.240. The molecule has 0 radical (unpaired) electrons. The van der Waals surface area contributed by atoms with Gasteiger partial charge in [0, 0.05) is 43.9 Å². The first kappa shape index (κ1) is 22.5. The van der Waals surface area contributed by atoms with Crippen LogP contribution in [0.2, 0.25) is 0 Å². The van der Waals surface area contributed by atoms with Crippen LogP contribution in [-0.2, 0) is 11.3 Å². The van der Waals surface area contributed by atoms with Crippen LogP contribution in [0.15, 0.2) is 42.6 Å². The van der Waals surface area contributed by atoms with E-state index in [1.807, 2.05) is 23.1 Å². The fraction of sp³-hybridized carbons (Fsp3) is 0.462. The minimum absolute atomic E-state index is 0.0597. The Morgan fingerprint density at radius 3 is 2.56 bits per heavy atom.